The number of hydrogen-bond donors (Lipinski definition) is 1. The van der Waals surface area contributed by atoms with Crippen molar-refractivity contribution in [3.8, 4) is 11.5 Å². The SMILES string of the molecule is CCOc1ccc(CCC(=O)N(Cc2ccc(Cl)c(Cl)c2)[C@H](Cc2ccccc2)C(=O)NC(C)C)cc1OCC. The third kappa shape index (κ3) is 9.17. The average Bonchev–Trinajstić information content (AvgIpc) is 2.93. The van der Waals surface area contributed by atoms with Crippen LogP contribution in [-0.2, 0) is 29.0 Å². The van der Waals surface area contributed by atoms with Crippen LogP contribution in [0.25, 0.3) is 0 Å². The highest BCUT2D eigenvalue weighted by molar-refractivity contribution is 6.42. The lowest BCUT2D eigenvalue weighted by atomic mass is 10.0. The van der Waals surface area contributed by atoms with Crippen molar-refractivity contribution in [2.45, 2.75) is 65.6 Å². The predicted octanol–water partition coefficient (Wildman–Crippen LogP) is 6.89. The molecule has 0 unspecified atom stereocenters. The zero-order chi connectivity index (χ0) is 29.1. The van der Waals surface area contributed by atoms with E-state index in [0.29, 0.717) is 47.6 Å². The third-order valence-electron chi connectivity index (χ3n) is 6.27. The first-order valence-corrected chi connectivity index (χ1v) is 14.4. The van der Waals surface area contributed by atoms with Gasteiger partial charge in [-0.25, -0.2) is 0 Å². The summed E-state index contributed by atoms with van der Waals surface area (Å²) in [6.45, 7) is 8.91. The largest absolute Gasteiger partial charge is 0.490 e. The number of halogens is 2. The van der Waals surface area contributed by atoms with Crippen LogP contribution < -0.4 is 14.8 Å². The van der Waals surface area contributed by atoms with Crippen LogP contribution in [0.15, 0.2) is 66.7 Å². The Bertz CT molecular complexity index is 1270. The van der Waals surface area contributed by atoms with Gasteiger partial charge in [-0.05, 0) is 75.1 Å². The first-order valence-electron chi connectivity index (χ1n) is 13.7. The highest BCUT2D eigenvalue weighted by Crippen LogP contribution is 2.29. The predicted molar refractivity (Wildman–Crippen MR) is 161 cm³/mol. The zero-order valence-electron chi connectivity index (χ0n) is 23.6. The van der Waals surface area contributed by atoms with Gasteiger partial charge in [0.2, 0.25) is 11.8 Å². The molecule has 0 aromatic heterocycles. The van der Waals surface area contributed by atoms with Crippen LogP contribution in [0.4, 0.5) is 0 Å². The Balaban J connectivity index is 1.92. The number of ether oxygens (including phenoxy) is 2. The van der Waals surface area contributed by atoms with Crippen LogP contribution in [0.1, 0.15) is 50.8 Å². The molecule has 3 aromatic carbocycles. The Morgan fingerprint density at radius 2 is 1.50 bits per heavy atom. The Hall–Kier alpha value is -3.22. The molecule has 0 radical (unpaired) electrons. The number of nitrogens with zero attached hydrogens (tertiary/aromatic N) is 1. The van der Waals surface area contributed by atoms with Gasteiger partial charge in [0.15, 0.2) is 11.5 Å². The fourth-order valence-electron chi connectivity index (χ4n) is 4.42. The summed E-state index contributed by atoms with van der Waals surface area (Å²) >= 11 is 12.4. The van der Waals surface area contributed by atoms with E-state index in [0.717, 1.165) is 16.7 Å². The Morgan fingerprint density at radius 1 is 0.825 bits per heavy atom. The summed E-state index contributed by atoms with van der Waals surface area (Å²) in [4.78, 5) is 29.1. The van der Waals surface area contributed by atoms with Crippen molar-refractivity contribution in [3.63, 3.8) is 0 Å². The molecule has 0 spiro atoms. The number of hydrogen-bond acceptors (Lipinski definition) is 4. The van der Waals surface area contributed by atoms with Crippen LogP contribution in [0, 0.1) is 0 Å². The van der Waals surface area contributed by atoms with Crippen LogP contribution in [0.5, 0.6) is 11.5 Å². The molecule has 3 rings (SSSR count). The monoisotopic (exact) mass is 584 g/mol. The first kappa shape index (κ1) is 31.3. The minimum absolute atomic E-state index is 0.0754. The quantitative estimate of drug-likeness (QED) is 0.224. The molecule has 0 aliphatic heterocycles. The van der Waals surface area contributed by atoms with Gasteiger partial charge in [-0.3, -0.25) is 9.59 Å². The molecule has 0 aliphatic rings. The molecule has 0 aliphatic carbocycles. The molecule has 3 aromatic rings. The summed E-state index contributed by atoms with van der Waals surface area (Å²) in [5.41, 5.74) is 2.70. The summed E-state index contributed by atoms with van der Waals surface area (Å²) in [7, 11) is 0. The molecule has 6 nitrogen and oxygen atoms in total. The van der Waals surface area contributed by atoms with E-state index in [4.69, 9.17) is 32.7 Å². The fourth-order valence-corrected chi connectivity index (χ4v) is 4.74. The average molecular weight is 586 g/mol. The molecular weight excluding hydrogens is 547 g/mol. The zero-order valence-corrected chi connectivity index (χ0v) is 25.1. The topological polar surface area (TPSA) is 67.9 Å². The maximum Gasteiger partial charge on any atom is 0.243 e. The second kappa shape index (κ2) is 15.5. The third-order valence-corrected chi connectivity index (χ3v) is 7.01. The number of aryl methyl sites for hydroxylation is 1. The van der Waals surface area contributed by atoms with E-state index in [1.807, 2.05) is 82.3 Å². The van der Waals surface area contributed by atoms with Crippen LogP contribution in [0.3, 0.4) is 0 Å². The number of amides is 2. The van der Waals surface area contributed by atoms with Crippen molar-refractivity contribution in [1.29, 1.82) is 0 Å². The van der Waals surface area contributed by atoms with Crippen LogP contribution in [0.2, 0.25) is 10.0 Å². The van der Waals surface area contributed by atoms with E-state index in [1.54, 1.807) is 17.0 Å². The fraction of sp³-hybridized carbons (Fsp3) is 0.375. The lowest BCUT2D eigenvalue weighted by molar-refractivity contribution is -0.141. The van der Waals surface area contributed by atoms with E-state index >= 15 is 0 Å². The van der Waals surface area contributed by atoms with Gasteiger partial charge in [0.1, 0.15) is 6.04 Å². The highest BCUT2D eigenvalue weighted by atomic mass is 35.5. The minimum Gasteiger partial charge on any atom is -0.490 e. The molecule has 0 bridgehead atoms. The Labute approximate surface area is 247 Å². The molecule has 0 fully saturated rings. The number of rotatable bonds is 14. The maximum atomic E-state index is 13.9. The molecule has 2 amide bonds. The Kier molecular flexibility index (Phi) is 12.2. The number of carbonyl (C=O) groups excluding carboxylic acids is 2. The van der Waals surface area contributed by atoms with E-state index in [2.05, 4.69) is 5.32 Å². The summed E-state index contributed by atoms with van der Waals surface area (Å²) < 4.78 is 11.4. The second-order valence-electron chi connectivity index (χ2n) is 9.79. The molecule has 1 N–H and O–H groups in total. The summed E-state index contributed by atoms with van der Waals surface area (Å²) in [6, 6.07) is 19.9. The van der Waals surface area contributed by atoms with Crippen LogP contribution in [-0.4, -0.2) is 42.0 Å². The summed E-state index contributed by atoms with van der Waals surface area (Å²) in [6.07, 6.45) is 1.07. The smallest absolute Gasteiger partial charge is 0.243 e. The molecule has 8 heteroatoms. The lowest BCUT2D eigenvalue weighted by Crippen LogP contribution is -2.51. The highest BCUT2D eigenvalue weighted by Gasteiger charge is 2.30. The van der Waals surface area contributed by atoms with Gasteiger partial charge >= 0.3 is 0 Å². The van der Waals surface area contributed by atoms with Crippen molar-refractivity contribution in [2.24, 2.45) is 0 Å². The van der Waals surface area contributed by atoms with Gasteiger partial charge in [-0.2, -0.15) is 0 Å². The van der Waals surface area contributed by atoms with Gasteiger partial charge in [-0.1, -0.05) is 65.7 Å². The number of benzene rings is 3. The van der Waals surface area contributed by atoms with Gasteiger partial charge in [0.05, 0.1) is 23.3 Å². The van der Waals surface area contributed by atoms with E-state index < -0.39 is 6.04 Å². The standard InChI is InChI=1S/C32H38Cl2N2O4/c1-5-39-29-16-13-24(20-30(29)40-6-2)14-17-31(37)36(21-25-12-15-26(33)27(34)18-25)28(32(38)35-22(3)4)19-23-10-8-7-9-11-23/h7-13,15-16,18,20,22,28H,5-6,14,17,19,21H2,1-4H3,(H,35,38)/t28-/m1/s1. The van der Waals surface area contributed by atoms with Crippen LogP contribution >= 0.6 is 23.2 Å². The van der Waals surface area contributed by atoms with Gasteiger partial charge in [0, 0.05) is 25.4 Å². The van der Waals surface area contributed by atoms with E-state index in [-0.39, 0.29) is 30.8 Å². The van der Waals surface area contributed by atoms with Gasteiger partial charge in [-0.15, -0.1) is 0 Å². The van der Waals surface area contributed by atoms with Crippen molar-refractivity contribution in [3.05, 3.63) is 93.5 Å². The van der Waals surface area contributed by atoms with Crippen molar-refractivity contribution < 1.29 is 19.1 Å². The van der Waals surface area contributed by atoms with E-state index in [1.165, 1.54) is 0 Å². The van der Waals surface area contributed by atoms with Gasteiger partial charge < -0.3 is 19.7 Å². The van der Waals surface area contributed by atoms with Gasteiger partial charge in [0.25, 0.3) is 0 Å². The van der Waals surface area contributed by atoms with E-state index in [9.17, 15) is 9.59 Å². The maximum absolute atomic E-state index is 13.9. The molecule has 1 atom stereocenters. The van der Waals surface area contributed by atoms with Crippen molar-refractivity contribution in [2.75, 3.05) is 13.2 Å². The molecule has 40 heavy (non-hydrogen) atoms. The number of nitrogens with one attached hydrogen (secondary N) is 1. The number of carbonyl (C=O) groups is 2. The first-order chi connectivity index (χ1) is 19.2. The summed E-state index contributed by atoms with van der Waals surface area (Å²) in [5.74, 6) is 0.985. The molecule has 0 saturated heterocycles. The van der Waals surface area contributed by atoms with Crippen molar-refractivity contribution in [1.82, 2.24) is 10.2 Å². The van der Waals surface area contributed by atoms with Crippen molar-refractivity contribution >= 4 is 35.0 Å². The lowest BCUT2D eigenvalue weighted by Gasteiger charge is -2.32. The molecular formula is C32H38Cl2N2O4. The second-order valence-corrected chi connectivity index (χ2v) is 10.6. The minimum atomic E-state index is -0.717. The summed E-state index contributed by atoms with van der Waals surface area (Å²) in [5, 5.41) is 3.84. The normalized spacial score (nSPS) is 11.7. The molecule has 0 saturated carbocycles. The molecule has 214 valence electrons. The Morgan fingerprint density at radius 3 is 2.15 bits per heavy atom. The molecule has 0 heterocycles.